The molecule has 0 aliphatic heterocycles. The molecular formula is C19H19BrN4OS. The van der Waals surface area contributed by atoms with E-state index in [4.69, 9.17) is 0 Å². The van der Waals surface area contributed by atoms with E-state index in [1.54, 1.807) is 6.33 Å². The molecule has 5 nitrogen and oxygen atoms in total. The molecule has 0 N–H and O–H groups in total. The van der Waals surface area contributed by atoms with Gasteiger partial charge in [-0.1, -0.05) is 33.8 Å². The van der Waals surface area contributed by atoms with Crippen LogP contribution in [0.25, 0.3) is 5.69 Å². The molecule has 7 heteroatoms. The van der Waals surface area contributed by atoms with Gasteiger partial charge in [0.1, 0.15) is 6.33 Å². The van der Waals surface area contributed by atoms with Gasteiger partial charge in [-0.15, -0.1) is 10.2 Å². The molecule has 3 aromatic rings. The van der Waals surface area contributed by atoms with Gasteiger partial charge in [-0.25, -0.2) is 0 Å². The second-order valence-electron chi connectivity index (χ2n) is 6.56. The minimum absolute atomic E-state index is 0.120. The van der Waals surface area contributed by atoms with Gasteiger partial charge in [0.2, 0.25) is 0 Å². The second-order valence-corrected chi connectivity index (χ2v) is 8.42. The van der Waals surface area contributed by atoms with Crippen LogP contribution in [0.3, 0.4) is 0 Å². The molecule has 1 aliphatic carbocycles. The highest BCUT2D eigenvalue weighted by molar-refractivity contribution is 9.10. The molecule has 2 aromatic heterocycles. The number of rotatable bonds is 6. The third-order valence-corrected chi connectivity index (χ3v) is 6.06. The van der Waals surface area contributed by atoms with Crippen LogP contribution in [0, 0.1) is 13.8 Å². The van der Waals surface area contributed by atoms with E-state index in [2.05, 4.69) is 41.3 Å². The summed E-state index contributed by atoms with van der Waals surface area (Å²) in [5.41, 5.74) is 3.84. The average Bonchev–Trinajstić information content (AvgIpc) is 3.27. The minimum Gasteiger partial charge on any atom is -0.318 e. The van der Waals surface area contributed by atoms with E-state index in [1.807, 2.05) is 38.1 Å². The van der Waals surface area contributed by atoms with Gasteiger partial charge < -0.3 is 9.13 Å². The van der Waals surface area contributed by atoms with Crippen molar-refractivity contribution in [1.82, 2.24) is 19.3 Å². The highest BCUT2D eigenvalue weighted by Gasteiger charge is 2.26. The highest BCUT2D eigenvalue weighted by Crippen LogP contribution is 2.37. The van der Waals surface area contributed by atoms with Crippen LogP contribution in [0.2, 0.25) is 0 Å². The SMILES string of the molecule is Cc1cc(C(=O)CSc2nncn2C2CC2)c(C)n1-c1cccc(Br)c1. The Morgan fingerprint density at radius 1 is 1.31 bits per heavy atom. The monoisotopic (exact) mass is 430 g/mol. The van der Waals surface area contributed by atoms with Crippen molar-refractivity contribution in [3.05, 3.63) is 58.1 Å². The Morgan fingerprint density at radius 2 is 2.12 bits per heavy atom. The first-order valence-corrected chi connectivity index (χ1v) is 10.3. The third kappa shape index (κ3) is 3.38. The Hall–Kier alpha value is -1.86. The summed E-state index contributed by atoms with van der Waals surface area (Å²) in [7, 11) is 0. The van der Waals surface area contributed by atoms with Crippen molar-refractivity contribution in [2.45, 2.75) is 37.9 Å². The van der Waals surface area contributed by atoms with E-state index in [1.165, 1.54) is 24.6 Å². The molecule has 1 aromatic carbocycles. The number of halogens is 1. The lowest BCUT2D eigenvalue weighted by atomic mass is 10.2. The van der Waals surface area contributed by atoms with Gasteiger partial charge >= 0.3 is 0 Å². The molecule has 0 saturated heterocycles. The molecule has 0 atom stereocenters. The van der Waals surface area contributed by atoms with E-state index in [0.717, 1.165) is 32.3 Å². The fourth-order valence-corrected chi connectivity index (χ4v) is 4.46. The van der Waals surface area contributed by atoms with Crippen LogP contribution in [0.4, 0.5) is 0 Å². The average molecular weight is 431 g/mol. The molecule has 0 unspecified atom stereocenters. The summed E-state index contributed by atoms with van der Waals surface area (Å²) in [4.78, 5) is 12.8. The number of thioether (sulfide) groups is 1. The molecule has 4 rings (SSSR count). The van der Waals surface area contributed by atoms with Crippen molar-refractivity contribution >= 4 is 33.5 Å². The zero-order valence-electron chi connectivity index (χ0n) is 14.6. The zero-order chi connectivity index (χ0) is 18.3. The topological polar surface area (TPSA) is 52.7 Å². The van der Waals surface area contributed by atoms with Crippen LogP contribution in [0.15, 0.2) is 46.3 Å². The Bertz CT molecular complexity index is 974. The fraction of sp³-hybridized carbons (Fsp3) is 0.316. The van der Waals surface area contributed by atoms with Gasteiger partial charge in [0.25, 0.3) is 0 Å². The van der Waals surface area contributed by atoms with Crippen molar-refractivity contribution in [3.8, 4) is 5.69 Å². The van der Waals surface area contributed by atoms with Gasteiger partial charge in [-0.2, -0.15) is 0 Å². The summed E-state index contributed by atoms with van der Waals surface area (Å²) in [5.74, 6) is 0.489. The van der Waals surface area contributed by atoms with Crippen molar-refractivity contribution in [1.29, 1.82) is 0 Å². The number of carbonyl (C=O) groups is 1. The summed E-state index contributed by atoms with van der Waals surface area (Å²) >= 11 is 4.99. The molecule has 2 heterocycles. The summed E-state index contributed by atoms with van der Waals surface area (Å²) in [6, 6.07) is 10.6. The van der Waals surface area contributed by atoms with E-state index < -0.39 is 0 Å². The Balaban J connectivity index is 1.55. The first-order valence-electron chi connectivity index (χ1n) is 8.55. The molecule has 0 amide bonds. The van der Waals surface area contributed by atoms with Crippen molar-refractivity contribution < 1.29 is 4.79 Å². The zero-order valence-corrected chi connectivity index (χ0v) is 17.0. The van der Waals surface area contributed by atoms with Gasteiger partial charge in [0, 0.05) is 33.2 Å². The Morgan fingerprint density at radius 3 is 2.85 bits per heavy atom. The highest BCUT2D eigenvalue weighted by atomic mass is 79.9. The largest absolute Gasteiger partial charge is 0.318 e. The number of ketones is 1. The van der Waals surface area contributed by atoms with Crippen LogP contribution in [0.5, 0.6) is 0 Å². The molecule has 1 fully saturated rings. The normalized spacial score (nSPS) is 14.0. The van der Waals surface area contributed by atoms with Crippen molar-refractivity contribution in [2.75, 3.05) is 5.75 Å². The number of hydrogen-bond donors (Lipinski definition) is 0. The van der Waals surface area contributed by atoms with Crippen LogP contribution in [-0.2, 0) is 0 Å². The van der Waals surface area contributed by atoms with Crippen LogP contribution in [0.1, 0.15) is 40.6 Å². The second kappa shape index (κ2) is 7.04. The van der Waals surface area contributed by atoms with E-state index >= 15 is 0 Å². The summed E-state index contributed by atoms with van der Waals surface area (Å²) < 4.78 is 5.23. The van der Waals surface area contributed by atoms with Gasteiger partial charge in [-0.3, -0.25) is 4.79 Å². The predicted molar refractivity (Wildman–Crippen MR) is 106 cm³/mol. The first kappa shape index (κ1) is 17.5. The molecule has 1 saturated carbocycles. The molecule has 0 bridgehead atoms. The Labute approximate surface area is 164 Å². The molecule has 1 aliphatic rings. The van der Waals surface area contributed by atoms with Crippen molar-refractivity contribution in [3.63, 3.8) is 0 Å². The number of aryl methyl sites for hydroxylation is 1. The van der Waals surface area contributed by atoms with E-state index in [9.17, 15) is 4.79 Å². The number of nitrogens with zero attached hydrogens (tertiary/aromatic N) is 4. The lowest BCUT2D eigenvalue weighted by Crippen LogP contribution is -2.06. The maximum absolute atomic E-state index is 12.8. The number of benzene rings is 1. The molecule has 26 heavy (non-hydrogen) atoms. The first-order chi connectivity index (χ1) is 12.5. The smallest absolute Gasteiger partial charge is 0.191 e. The number of aromatic nitrogens is 4. The van der Waals surface area contributed by atoms with Gasteiger partial charge in [0.15, 0.2) is 10.9 Å². The number of carbonyl (C=O) groups excluding carboxylic acids is 1. The van der Waals surface area contributed by atoms with Crippen LogP contribution in [-0.4, -0.2) is 30.9 Å². The molecular weight excluding hydrogens is 412 g/mol. The maximum atomic E-state index is 12.8. The van der Waals surface area contributed by atoms with Crippen molar-refractivity contribution in [2.24, 2.45) is 0 Å². The lowest BCUT2D eigenvalue weighted by molar-refractivity contribution is 0.102. The molecule has 0 radical (unpaired) electrons. The summed E-state index contributed by atoms with van der Waals surface area (Å²) in [6.07, 6.45) is 4.12. The van der Waals surface area contributed by atoms with E-state index in [-0.39, 0.29) is 5.78 Å². The van der Waals surface area contributed by atoms with Crippen LogP contribution >= 0.6 is 27.7 Å². The standard InChI is InChI=1S/C19H19BrN4OS/c1-12-8-17(13(2)24(12)16-5-3-4-14(20)9-16)18(25)10-26-19-22-21-11-23(19)15-6-7-15/h3-5,8-9,11,15H,6-7,10H2,1-2H3. The number of hydrogen-bond acceptors (Lipinski definition) is 4. The fourth-order valence-electron chi connectivity index (χ4n) is 3.20. The molecule has 134 valence electrons. The predicted octanol–water partition coefficient (Wildman–Crippen LogP) is 4.76. The number of Topliss-reactive ketones (excluding diaryl/α,β-unsaturated/α-hetero) is 1. The van der Waals surface area contributed by atoms with Gasteiger partial charge in [-0.05, 0) is 51.0 Å². The van der Waals surface area contributed by atoms with Crippen LogP contribution < -0.4 is 0 Å². The molecule has 0 spiro atoms. The van der Waals surface area contributed by atoms with Gasteiger partial charge in [0.05, 0.1) is 5.75 Å². The third-order valence-electron chi connectivity index (χ3n) is 4.61. The Kier molecular flexibility index (Phi) is 4.75. The minimum atomic E-state index is 0.120. The lowest BCUT2D eigenvalue weighted by Gasteiger charge is -2.10. The summed E-state index contributed by atoms with van der Waals surface area (Å²) in [5, 5.41) is 8.98. The quantitative estimate of drug-likeness (QED) is 0.417. The maximum Gasteiger partial charge on any atom is 0.191 e. The summed E-state index contributed by atoms with van der Waals surface area (Å²) in [6.45, 7) is 4.03. The van der Waals surface area contributed by atoms with E-state index in [0.29, 0.717) is 11.8 Å².